The van der Waals surface area contributed by atoms with Gasteiger partial charge in [-0.05, 0) is 6.07 Å². The van der Waals surface area contributed by atoms with E-state index in [1.807, 2.05) is 6.92 Å². The molecule has 1 unspecified atom stereocenters. The van der Waals surface area contributed by atoms with Crippen molar-refractivity contribution in [1.82, 2.24) is 15.2 Å². The predicted molar refractivity (Wildman–Crippen MR) is 54.6 cm³/mol. The molecule has 0 spiro atoms. The molecule has 2 rings (SSSR count). The summed E-state index contributed by atoms with van der Waals surface area (Å²) in [7, 11) is 0. The van der Waals surface area contributed by atoms with Gasteiger partial charge in [0.25, 0.3) is 0 Å². The van der Waals surface area contributed by atoms with Crippen molar-refractivity contribution in [2.24, 2.45) is 0 Å². The van der Waals surface area contributed by atoms with Crippen LogP contribution in [0.1, 0.15) is 25.0 Å². The molecule has 0 aromatic carbocycles. The molecule has 0 amide bonds. The van der Waals surface area contributed by atoms with Gasteiger partial charge in [-0.1, -0.05) is 6.92 Å². The van der Waals surface area contributed by atoms with Crippen molar-refractivity contribution in [3.05, 3.63) is 24.2 Å². The highest BCUT2D eigenvalue weighted by atomic mass is 16.4. The van der Waals surface area contributed by atoms with Gasteiger partial charge in [0.05, 0.1) is 11.9 Å². The molecule has 0 aliphatic carbocycles. The smallest absolute Gasteiger partial charge is 0.304 e. The van der Waals surface area contributed by atoms with Crippen LogP contribution in [0.3, 0.4) is 0 Å². The Morgan fingerprint density at radius 2 is 2.47 bits per heavy atom. The Bertz CT molecular complexity index is 492. The zero-order valence-corrected chi connectivity index (χ0v) is 8.27. The monoisotopic (exact) mass is 205 g/mol. The highest BCUT2D eigenvalue weighted by Crippen LogP contribution is 2.24. The van der Waals surface area contributed by atoms with Crippen molar-refractivity contribution in [3.63, 3.8) is 0 Å². The van der Waals surface area contributed by atoms with Gasteiger partial charge >= 0.3 is 5.97 Å². The van der Waals surface area contributed by atoms with Gasteiger partial charge in [0, 0.05) is 29.4 Å². The van der Waals surface area contributed by atoms with Crippen LogP contribution in [0, 0.1) is 0 Å². The van der Waals surface area contributed by atoms with Crippen molar-refractivity contribution >= 4 is 16.9 Å². The van der Waals surface area contributed by atoms with Crippen LogP contribution < -0.4 is 0 Å². The maximum absolute atomic E-state index is 10.6. The van der Waals surface area contributed by atoms with E-state index in [1.54, 1.807) is 18.5 Å². The lowest BCUT2D eigenvalue weighted by molar-refractivity contribution is -0.137. The summed E-state index contributed by atoms with van der Waals surface area (Å²) in [6, 6.07) is 1.79. The molecular weight excluding hydrogens is 194 g/mol. The van der Waals surface area contributed by atoms with Crippen molar-refractivity contribution in [2.75, 3.05) is 0 Å². The molecule has 0 aliphatic heterocycles. The van der Waals surface area contributed by atoms with Gasteiger partial charge < -0.3 is 5.11 Å². The van der Waals surface area contributed by atoms with Crippen LogP contribution in [0.4, 0.5) is 0 Å². The first-order chi connectivity index (χ1) is 7.18. The van der Waals surface area contributed by atoms with Crippen LogP contribution in [-0.2, 0) is 4.79 Å². The van der Waals surface area contributed by atoms with Gasteiger partial charge in [-0.15, -0.1) is 0 Å². The van der Waals surface area contributed by atoms with E-state index in [9.17, 15) is 4.79 Å². The number of aromatic amines is 1. The topological polar surface area (TPSA) is 78.9 Å². The molecule has 0 fully saturated rings. The average Bonchev–Trinajstić information content (AvgIpc) is 2.59. The number of nitrogens with one attached hydrogen (secondary N) is 1. The average molecular weight is 205 g/mol. The molecule has 78 valence electrons. The number of H-pyrrole nitrogens is 1. The standard InChI is InChI=1S/C10H11N3O2/c1-6(4-9(14)15)10-7-5-11-3-2-8(7)12-13-10/h2-3,5-6H,4H2,1H3,(H,12,13)(H,14,15). The molecule has 2 heterocycles. The number of aliphatic carboxylic acids is 1. The Hall–Kier alpha value is -1.91. The minimum atomic E-state index is -0.811. The van der Waals surface area contributed by atoms with Gasteiger partial charge in [-0.2, -0.15) is 5.10 Å². The van der Waals surface area contributed by atoms with E-state index in [-0.39, 0.29) is 12.3 Å². The second-order valence-corrected chi connectivity index (χ2v) is 3.53. The van der Waals surface area contributed by atoms with E-state index in [4.69, 9.17) is 5.11 Å². The summed E-state index contributed by atoms with van der Waals surface area (Å²) in [6.07, 6.45) is 3.45. The number of rotatable bonds is 3. The lowest BCUT2D eigenvalue weighted by atomic mass is 10.0. The number of carboxylic acid groups (broad SMARTS) is 1. The Balaban J connectivity index is 2.39. The first kappa shape index (κ1) is 9.64. The van der Waals surface area contributed by atoms with E-state index < -0.39 is 5.97 Å². The lowest BCUT2D eigenvalue weighted by Gasteiger charge is -2.05. The number of hydrogen-bond donors (Lipinski definition) is 2. The molecule has 0 bridgehead atoms. The molecule has 15 heavy (non-hydrogen) atoms. The molecule has 0 saturated carbocycles. The number of carboxylic acids is 1. The van der Waals surface area contributed by atoms with Crippen molar-refractivity contribution < 1.29 is 9.90 Å². The van der Waals surface area contributed by atoms with E-state index in [1.165, 1.54) is 0 Å². The second-order valence-electron chi connectivity index (χ2n) is 3.53. The third-order valence-corrected chi connectivity index (χ3v) is 2.36. The highest BCUT2D eigenvalue weighted by Gasteiger charge is 2.15. The molecule has 0 aliphatic rings. The van der Waals surface area contributed by atoms with Gasteiger partial charge in [0.1, 0.15) is 0 Å². The van der Waals surface area contributed by atoms with Crippen LogP contribution in [0.15, 0.2) is 18.5 Å². The molecule has 0 saturated heterocycles. The summed E-state index contributed by atoms with van der Waals surface area (Å²) in [5.74, 6) is -0.897. The number of hydrogen-bond acceptors (Lipinski definition) is 3. The summed E-state index contributed by atoms with van der Waals surface area (Å²) >= 11 is 0. The summed E-state index contributed by atoms with van der Waals surface area (Å²) in [5, 5.41) is 16.6. The van der Waals surface area contributed by atoms with Crippen molar-refractivity contribution in [2.45, 2.75) is 19.3 Å². The first-order valence-electron chi connectivity index (χ1n) is 4.68. The molecule has 2 N–H and O–H groups in total. The predicted octanol–water partition coefficient (Wildman–Crippen LogP) is 1.54. The number of carbonyl (C=O) groups is 1. The van der Waals surface area contributed by atoms with E-state index in [0.29, 0.717) is 0 Å². The Morgan fingerprint density at radius 1 is 1.67 bits per heavy atom. The van der Waals surface area contributed by atoms with Crippen molar-refractivity contribution in [3.8, 4) is 0 Å². The lowest BCUT2D eigenvalue weighted by Crippen LogP contribution is -2.03. The fraction of sp³-hybridized carbons (Fsp3) is 0.300. The fourth-order valence-corrected chi connectivity index (χ4v) is 1.61. The van der Waals surface area contributed by atoms with Crippen LogP contribution in [0.25, 0.3) is 10.9 Å². The molecule has 5 nitrogen and oxygen atoms in total. The zero-order chi connectivity index (χ0) is 10.8. The largest absolute Gasteiger partial charge is 0.481 e. The second kappa shape index (κ2) is 3.68. The minimum Gasteiger partial charge on any atom is -0.481 e. The zero-order valence-electron chi connectivity index (χ0n) is 8.27. The fourth-order valence-electron chi connectivity index (χ4n) is 1.61. The third kappa shape index (κ3) is 1.81. The van der Waals surface area contributed by atoms with Crippen LogP contribution in [0.5, 0.6) is 0 Å². The maximum atomic E-state index is 10.6. The third-order valence-electron chi connectivity index (χ3n) is 2.36. The highest BCUT2D eigenvalue weighted by molar-refractivity contribution is 5.81. The van der Waals surface area contributed by atoms with E-state index in [0.717, 1.165) is 16.6 Å². The molecule has 5 heteroatoms. The van der Waals surface area contributed by atoms with Gasteiger partial charge in [-0.3, -0.25) is 14.9 Å². The number of pyridine rings is 1. The van der Waals surface area contributed by atoms with E-state index >= 15 is 0 Å². The first-order valence-corrected chi connectivity index (χ1v) is 4.68. The van der Waals surface area contributed by atoms with Gasteiger partial charge in [0.15, 0.2) is 0 Å². The van der Waals surface area contributed by atoms with Crippen molar-refractivity contribution in [1.29, 1.82) is 0 Å². The Kier molecular flexibility index (Phi) is 2.37. The molecule has 2 aromatic heterocycles. The number of aromatic nitrogens is 3. The molecular formula is C10H11N3O2. The van der Waals surface area contributed by atoms with E-state index in [2.05, 4.69) is 15.2 Å². The normalized spacial score (nSPS) is 12.9. The summed E-state index contributed by atoms with van der Waals surface area (Å²) in [6.45, 7) is 1.86. The quantitative estimate of drug-likeness (QED) is 0.796. The molecule has 1 atom stereocenters. The van der Waals surface area contributed by atoms with Crippen LogP contribution in [0.2, 0.25) is 0 Å². The molecule has 2 aromatic rings. The number of nitrogens with zero attached hydrogens (tertiary/aromatic N) is 2. The Morgan fingerprint density at radius 3 is 3.20 bits per heavy atom. The number of fused-ring (bicyclic) bond motifs is 1. The van der Waals surface area contributed by atoms with Gasteiger partial charge in [-0.25, -0.2) is 0 Å². The summed E-state index contributed by atoms with van der Waals surface area (Å²) in [4.78, 5) is 14.6. The summed E-state index contributed by atoms with van der Waals surface area (Å²) < 4.78 is 0. The summed E-state index contributed by atoms with van der Waals surface area (Å²) in [5.41, 5.74) is 1.65. The van der Waals surface area contributed by atoms with Gasteiger partial charge in [0.2, 0.25) is 0 Å². The molecule has 0 radical (unpaired) electrons. The van der Waals surface area contributed by atoms with Crippen LogP contribution >= 0.6 is 0 Å². The maximum Gasteiger partial charge on any atom is 0.304 e. The minimum absolute atomic E-state index is 0.0864. The Labute approximate surface area is 86.1 Å². The SMILES string of the molecule is CC(CC(=O)O)c1[nH]nc2ccncc12. The van der Waals surface area contributed by atoms with Crippen LogP contribution in [-0.4, -0.2) is 26.3 Å².